The lowest BCUT2D eigenvalue weighted by atomic mass is 10.1. The Morgan fingerprint density at radius 1 is 1.60 bits per heavy atom. The Hall–Kier alpha value is -1.50. The molecule has 1 amide bonds. The van der Waals surface area contributed by atoms with E-state index in [4.69, 9.17) is 4.74 Å². The van der Waals surface area contributed by atoms with Gasteiger partial charge in [-0.15, -0.1) is 0 Å². The van der Waals surface area contributed by atoms with Gasteiger partial charge in [-0.05, 0) is 24.1 Å². The molecule has 6 heteroatoms. The number of benzene rings is 1. The number of methoxy groups -OCH3 is 1. The summed E-state index contributed by atoms with van der Waals surface area (Å²) in [5.41, 5.74) is 1.28. The SMILES string of the molecule is COCc1cc(CNC(=O)C2CC(O)CN2)ccc1F. The first kappa shape index (κ1) is 14.9. The number of nitrogens with one attached hydrogen (secondary N) is 2. The van der Waals surface area contributed by atoms with E-state index in [1.54, 1.807) is 12.1 Å². The molecule has 20 heavy (non-hydrogen) atoms. The number of hydrogen-bond donors (Lipinski definition) is 3. The van der Waals surface area contributed by atoms with Crippen LogP contribution in [0.5, 0.6) is 0 Å². The summed E-state index contributed by atoms with van der Waals surface area (Å²) in [6.45, 7) is 0.959. The standard InChI is InChI=1S/C14H19FN2O3/c1-20-8-10-4-9(2-3-12(10)15)6-17-14(19)13-5-11(18)7-16-13/h2-4,11,13,16,18H,5-8H2,1H3,(H,17,19). The van der Waals surface area contributed by atoms with Gasteiger partial charge >= 0.3 is 0 Å². The van der Waals surface area contributed by atoms with Crippen molar-refractivity contribution in [2.75, 3.05) is 13.7 Å². The third-order valence-corrected chi connectivity index (χ3v) is 3.30. The molecule has 1 aliphatic rings. The largest absolute Gasteiger partial charge is 0.392 e. The summed E-state index contributed by atoms with van der Waals surface area (Å²) in [6, 6.07) is 4.32. The highest BCUT2D eigenvalue weighted by Crippen LogP contribution is 2.12. The molecule has 0 spiro atoms. The topological polar surface area (TPSA) is 70.6 Å². The van der Waals surface area contributed by atoms with Crippen LogP contribution in [0.1, 0.15) is 17.5 Å². The highest BCUT2D eigenvalue weighted by Gasteiger charge is 2.27. The van der Waals surface area contributed by atoms with Crippen molar-refractivity contribution in [3.8, 4) is 0 Å². The maximum atomic E-state index is 13.4. The van der Waals surface area contributed by atoms with E-state index in [9.17, 15) is 14.3 Å². The Bertz CT molecular complexity index is 481. The molecule has 1 aromatic rings. The highest BCUT2D eigenvalue weighted by molar-refractivity contribution is 5.82. The predicted molar refractivity (Wildman–Crippen MR) is 71.4 cm³/mol. The van der Waals surface area contributed by atoms with Crippen LogP contribution in [-0.4, -0.2) is 36.8 Å². The van der Waals surface area contributed by atoms with Crippen molar-refractivity contribution in [3.63, 3.8) is 0 Å². The zero-order chi connectivity index (χ0) is 14.5. The molecule has 1 aliphatic heterocycles. The fourth-order valence-electron chi connectivity index (χ4n) is 2.23. The van der Waals surface area contributed by atoms with E-state index in [-0.39, 0.29) is 24.4 Å². The van der Waals surface area contributed by atoms with Gasteiger partial charge in [-0.1, -0.05) is 6.07 Å². The number of halogens is 1. The Morgan fingerprint density at radius 3 is 3.05 bits per heavy atom. The summed E-state index contributed by atoms with van der Waals surface area (Å²) in [6.07, 6.45) is -0.0469. The van der Waals surface area contributed by atoms with Gasteiger partial charge in [-0.3, -0.25) is 4.79 Å². The maximum Gasteiger partial charge on any atom is 0.237 e. The molecule has 0 saturated carbocycles. The summed E-state index contributed by atoms with van der Waals surface area (Å²) in [5.74, 6) is -0.471. The van der Waals surface area contributed by atoms with Crippen molar-refractivity contribution in [1.82, 2.24) is 10.6 Å². The van der Waals surface area contributed by atoms with Crippen LogP contribution in [0.15, 0.2) is 18.2 Å². The Labute approximate surface area is 117 Å². The maximum absolute atomic E-state index is 13.4. The molecule has 1 aromatic carbocycles. The lowest BCUT2D eigenvalue weighted by Crippen LogP contribution is -2.40. The summed E-state index contributed by atoms with van der Waals surface area (Å²) < 4.78 is 18.4. The molecule has 0 aliphatic carbocycles. The lowest BCUT2D eigenvalue weighted by Gasteiger charge is -2.12. The Kier molecular flexibility index (Phi) is 5.05. The van der Waals surface area contributed by atoms with Gasteiger partial charge in [0.2, 0.25) is 5.91 Å². The molecule has 2 atom stereocenters. The van der Waals surface area contributed by atoms with Gasteiger partial charge in [-0.2, -0.15) is 0 Å². The normalized spacial score (nSPS) is 21.9. The van der Waals surface area contributed by atoms with Crippen LogP contribution in [0.3, 0.4) is 0 Å². The molecule has 2 rings (SSSR count). The third kappa shape index (κ3) is 3.75. The second-order valence-corrected chi connectivity index (χ2v) is 4.93. The van der Waals surface area contributed by atoms with Crippen molar-refractivity contribution in [1.29, 1.82) is 0 Å². The number of carbonyl (C=O) groups excluding carboxylic acids is 1. The van der Waals surface area contributed by atoms with E-state index < -0.39 is 6.10 Å². The number of β-amino-alcohol motifs (C(OH)–C–C–N with tert-alkyl or cyclic N) is 1. The Balaban J connectivity index is 1.90. The van der Waals surface area contributed by atoms with E-state index in [0.29, 0.717) is 25.1 Å². The number of amides is 1. The van der Waals surface area contributed by atoms with Crippen molar-refractivity contribution in [3.05, 3.63) is 35.1 Å². The van der Waals surface area contributed by atoms with Crippen LogP contribution < -0.4 is 10.6 Å². The molecule has 2 unspecified atom stereocenters. The number of aliphatic hydroxyl groups excluding tert-OH is 1. The van der Waals surface area contributed by atoms with Crippen LogP contribution in [0.4, 0.5) is 4.39 Å². The number of hydrogen-bond acceptors (Lipinski definition) is 4. The fraction of sp³-hybridized carbons (Fsp3) is 0.500. The van der Waals surface area contributed by atoms with Crippen molar-refractivity contribution >= 4 is 5.91 Å². The predicted octanol–water partition coefficient (Wildman–Crippen LogP) is 0.311. The van der Waals surface area contributed by atoms with Crippen molar-refractivity contribution in [2.24, 2.45) is 0 Å². The van der Waals surface area contributed by atoms with E-state index in [0.717, 1.165) is 5.56 Å². The van der Waals surface area contributed by atoms with Gasteiger partial charge in [-0.25, -0.2) is 4.39 Å². The fourth-order valence-corrected chi connectivity index (χ4v) is 2.23. The molecule has 3 N–H and O–H groups in total. The van der Waals surface area contributed by atoms with Gasteiger partial charge in [0.05, 0.1) is 18.8 Å². The summed E-state index contributed by atoms with van der Waals surface area (Å²) in [4.78, 5) is 11.9. The molecule has 1 fully saturated rings. The molecule has 1 heterocycles. The zero-order valence-corrected chi connectivity index (χ0v) is 11.4. The van der Waals surface area contributed by atoms with Crippen molar-refractivity contribution < 1.29 is 19.0 Å². The summed E-state index contributed by atoms with van der Waals surface area (Å²) in [7, 11) is 1.50. The molecule has 0 radical (unpaired) electrons. The second kappa shape index (κ2) is 6.78. The zero-order valence-electron chi connectivity index (χ0n) is 11.4. The van der Waals surface area contributed by atoms with E-state index >= 15 is 0 Å². The van der Waals surface area contributed by atoms with Crippen LogP contribution in [0.25, 0.3) is 0 Å². The quantitative estimate of drug-likeness (QED) is 0.727. The molecule has 1 saturated heterocycles. The minimum Gasteiger partial charge on any atom is -0.392 e. The van der Waals surface area contributed by atoms with Gasteiger partial charge in [0.25, 0.3) is 0 Å². The molecule has 0 bridgehead atoms. The minimum atomic E-state index is -0.468. The van der Waals surface area contributed by atoms with Crippen LogP contribution >= 0.6 is 0 Å². The van der Waals surface area contributed by atoms with Crippen LogP contribution in [0.2, 0.25) is 0 Å². The average Bonchev–Trinajstić information content (AvgIpc) is 2.86. The van der Waals surface area contributed by atoms with E-state index in [2.05, 4.69) is 10.6 Å². The number of ether oxygens (including phenoxy) is 1. The molecule has 0 aromatic heterocycles. The second-order valence-electron chi connectivity index (χ2n) is 4.93. The van der Waals surface area contributed by atoms with Gasteiger partial charge in [0.15, 0.2) is 0 Å². The molecular weight excluding hydrogens is 263 g/mol. The summed E-state index contributed by atoms with van der Waals surface area (Å²) >= 11 is 0. The molecule has 5 nitrogen and oxygen atoms in total. The third-order valence-electron chi connectivity index (χ3n) is 3.30. The summed E-state index contributed by atoms with van der Waals surface area (Å²) in [5, 5.41) is 15.1. The van der Waals surface area contributed by atoms with Crippen LogP contribution in [-0.2, 0) is 22.7 Å². The first-order chi connectivity index (χ1) is 9.60. The molecule has 110 valence electrons. The number of aliphatic hydroxyl groups is 1. The first-order valence-electron chi connectivity index (χ1n) is 6.55. The highest BCUT2D eigenvalue weighted by atomic mass is 19.1. The number of carbonyl (C=O) groups is 1. The van der Waals surface area contributed by atoms with E-state index in [1.165, 1.54) is 13.2 Å². The van der Waals surface area contributed by atoms with Crippen LogP contribution in [0, 0.1) is 5.82 Å². The van der Waals surface area contributed by atoms with Gasteiger partial charge in [0, 0.05) is 25.8 Å². The first-order valence-corrected chi connectivity index (χ1v) is 6.55. The smallest absolute Gasteiger partial charge is 0.237 e. The average molecular weight is 282 g/mol. The van der Waals surface area contributed by atoms with Gasteiger partial charge < -0.3 is 20.5 Å². The lowest BCUT2D eigenvalue weighted by molar-refractivity contribution is -0.123. The minimum absolute atomic E-state index is 0.154. The van der Waals surface area contributed by atoms with Gasteiger partial charge in [0.1, 0.15) is 5.82 Å². The van der Waals surface area contributed by atoms with E-state index in [1.807, 2.05) is 0 Å². The monoisotopic (exact) mass is 282 g/mol. The molecular formula is C14H19FN2O3. The van der Waals surface area contributed by atoms with Crippen molar-refractivity contribution in [2.45, 2.75) is 31.7 Å². The number of rotatable bonds is 5. The Morgan fingerprint density at radius 2 is 2.40 bits per heavy atom.